The summed E-state index contributed by atoms with van der Waals surface area (Å²) in [5.41, 5.74) is 2.90. The lowest BCUT2D eigenvalue weighted by Crippen LogP contribution is -2.21. The Morgan fingerprint density at radius 1 is 0.968 bits per heavy atom. The SMILES string of the molecule is CCC(CS(=O)(=O)c1ccncc1)n1c(C)c(C(=O)c2ccccc2)c2ccccc21. The second-order valence-electron chi connectivity index (χ2n) is 7.57. The Morgan fingerprint density at radius 3 is 2.29 bits per heavy atom. The third-order valence-corrected chi connectivity index (χ3v) is 7.49. The maximum atomic E-state index is 13.4. The molecular weight excluding hydrogens is 408 g/mol. The van der Waals surface area contributed by atoms with Crippen molar-refractivity contribution in [1.29, 1.82) is 0 Å². The number of para-hydroxylation sites is 1. The molecule has 2 aromatic heterocycles. The number of ketones is 1. The van der Waals surface area contributed by atoms with E-state index in [2.05, 4.69) is 4.98 Å². The van der Waals surface area contributed by atoms with E-state index in [1.165, 1.54) is 24.5 Å². The van der Waals surface area contributed by atoms with Crippen LogP contribution in [0.15, 0.2) is 84.0 Å². The topological polar surface area (TPSA) is 69.0 Å². The second-order valence-corrected chi connectivity index (χ2v) is 9.60. The molecule has 1 atom stereocenters. The Morgan fingerprint density at radius 2 is 1.61 bits per heavy atom. The lowest BCUT2D eigenvalue weighted by molar-refractivity contribution is 0.103. The Balaban J connectivity index is 1.84. The van der Waals surface area contributed by atoms with Gasteiger partial charge in [-0.25, -0.2) is 8.42 Å². The van der Waals surface area contributed by atoms with Gasteiger partial charge in [0.2, 0.25) is 0 Å². The first-order valence-corrected chi connectivity index (χ1v) is 11.9. The number of carbonyl (C=O) groups is 1. The van der Waals surface area contributed by atoms with Gasteiger partial charge in [0.15, 0.2) is 15.6 Å². The molecule has 0 N–H and O–H groups in total. The average molecular weight is 433 g/mol. The van der Waals surface area contributed by atoms with Crippen molar-refractivity contribution in [2.75, 3.05) is 5.75 Å². The predicted octanol–water partition coefficient (Wildman–Crippen LogP) is 5.00. The number of aromatic nitrogens is 2. The Hall–Kier alpha value is -3.25. The quantitative estimate of drug-likeness (QED) is 0.385. The highest BCUT2D eigenvalue weighted by molar-refractivity contribution is 7.91. The minimum atomic E-state index is -3.51. The summed E-state index contributed by atoms with van der Waals surface area (Å²) in [6.45, 7) is 3.87. The summed E-state index contributed by atoms with van der Waals surface area (Å²) in [6.07, 6.45) is 3.59. The highest BCUT2D eigenvalue weighted by Gasteiger charge is 2.27. The fourth-order valence-corrected chi connectivity index (χ4v) is 5.77. The number of pyridine rings is 1. The summed E-state index contributed by atoms with van der Waals surface area (Å²) in [5.74, 6) is -0.105. The van der Waals surface area contributed by atoms with Gasteiger partial charge in [-0.15, -0.1) is 0 Å². The first-order chi connectivity index (χ1) is 14.9. The lowest BCUT2D eigenvalue weighted by Gasteiger charge is -2.21. The van der Waals surface area contributed by atoms with Crippen molar-refractivity contribution in [3.63, 3.8) is 0 Å². The highest BCUT2D eigenvalue weighted by atomic mass is 32.2. The summed E-state index contributed by atoms with van der Waals surface area (Å²) >= 11 is 0. The summed E-state index contributed by atoms with van der Waals surface area (Å²) < 4.78 is 28.2. The maximum Gasteiger partial charge on any atom is 0.195 e. The van der Waals surface area contributed by atoms with Crippen LogP contribution in [-0.2, 0) is 9.84 Å². The predicted molar refractivity (Wildman–Crippen MR) is 122 cm³/mol. The monoisotopic (exact) mass is 432 g/mol. The molecule has 1 unspecified atom stereocenters. The molecule has 0 aliphatic rings. The molecule has 5 nitrogen and oxygen atoms in total. The van der Waals surface area contributed by atoms with Crippen molar-refractivity contribution < 1.29 is 13.2 Å². The van der Waals surface area contributed by atoms with E-state index in [0.29, 0.717) is 17.5 Å². The molecule has 0 radical (unpaired) electrons. The zero-order chi connectivity index (χ0) is 22.0. The molecule has 2 heterocycles. The Kier molecular flexibility index (Phi) is 5.74. The number of benzene rings is 2. The fourth-order valence-electron chi connectivity index (χ4n) is 4.15. The van der Waals surface area contributed by atoms with Crippen LogP contribution in [0.5, 0.6) is 0 Å². The van der Waals surface area contributed by atoms with Gasteiger partial charge in [-0.1, -0.05) is 55.5 Å². The molecule has 0 fully saturated rings. The van der Waals surface area contributed by atoms with Crippen LogP contribution < -0.4 is 0 Å². The smallest absolute Gasteiger partial charge is 0.195 e. The number of hydrogen-bond acceptors (Lipinski definition) is 4. The molecule has 158 valence electrons. The van der Waals surface area contributed by atoms with E-state index < -0.39 is 9.84 Å². The molecular formula is C25H24N2O3S. The number of sulfone groups is 1. The van der Waals surface area contributed by atoms with E-state index in [-0.39, 0.29) is 22.5 Å². The maximum absolute atomic E-state index is 13.4. The van der Waals surface area contributed by atoms with E-state index in [1.54, 1.807) is 12.1 Å². The third-order valence-electron chi connectivity index (χ3n) is 5.68. The average Bonchev–Trinajstić information content (AvgIpc) is 3.10. The van der Waals surface area contributed by atoms with E-state index in [1.807, 2.05) is 60.9 Å². The Labute approximate surface area is 182 Å². The van der Waals surface area contributed by atoms with Crippen molar-refractivity contribution >= 4 is 26.5 Å². The molecule has 0 saturated carbocycles. The van der Waals surface area contributed by atoms with Gasteiger partial charge in [-0.05, 0) is 31.5 Å². The zero-order valence-electron chi connectivity index (χ0n) is 17.5. The van der Waals surface area contributed by atoms with Gasteiger partial charge in [0.05, 0.1) is 16.2 Å². The summed E-state index contributed by atoms with van der Waals surface area (Å²) in [4.78, 5) is 17.5. The van der Waals surface area contributed by atoms with Crippen molar-refractivity contribution in [3.8, 4) is 0 Å². The van der Waals surface area contributed by atoms with Crippen LogP contribution in [0.2, 0.25) is 0 Å². The van der Waals surface area contributed by atoms with Crippen LogP contribution in [0, 0.1) is 6.92 Å². The number of carbonyl (C=O) groups excluding carboxylic acids is 1. The van der Waals surface area contributed by atoms with Crippen molar-refractivity contribution in [1.82, 2.24) is 9.55 Å². The fraction of sp³-hybridized carbons (Fsp3) is 0.200. The van der Waals surface area contributed by atoms with Crippen molar-refractivity contribution in [2.24, 2.45) is 0 Å². The first-order valence-electron chi connectivity index (χ1n) is 10.3. The van der Waals surface area contributed by atoms with Crippen LogP contribution in [0.25, 0.3) is 10.9 Å². The molecule has 0 aliphatic carbocycles. The summed E-state index contributed by atoms with van der Waals surface area (Å²) in [7, 11) is -3.51. The van der Waals surface area contributed by atoms with Crippen molar-refractivity contribution in [3.05, 3.63) is 95.9 Å². The minimum absolute atomic E-state index is 0.0496. The summed E-state index contributed by atoms with van der Waals surface area (Å²) in [6, 6.07) is 19.6. The van der Waals surface area contributed by atoms with Gasteiger partial charge >= 0.3 is 0 Å². The molecule has 0 aliphatic heterocycles. The number of rotatable bonds is 7. The molecule has 4 aromatic rings. The van der Waals surface area contributed by atoms with Crippen LogP contribution in [0.3, 0.4) is 0 Å². The van der Waals surface area contributed by atoms with Gasteiger partial charge in [-0.2, -0.15) is 0 Å². The van der Waals surface area contributed by atoms with E-state index in [0.717, 1.165) is 16.6 Å². The van der Waals surface area contributed by atoms with E-state index in [9.17, 15) is 13.2 Å². The third kappa shape index (κ3) is 3.91. The van der Waals surface area contributed by atoms with Gasteiger partial charge in [-0.3, -0.25) is 9.78 Å². The minimum Gasteiger partial charge on any atom is -0.340 e. The van der Waals surface area contributed by atoms with Crippen LogP contribution in [0.1, 0.15) is 41.0 Å². The zero-order valence-corrected chi connectivity index (χ0v) is 18.3. The van der Waals surface area contributed by atoms with Crippen LogP contribution >= 0.6 is 0 Å². The number of nitrogens with zero attached hydrogens (tertiary/aromatic N) is 2. The molecule has 0 spiro atoms. The second kappa shape index (κ2) is 8.47. The largest absolute Gasteiger partial charge is 0.340 e. The molecule has 0 saturated heterocycles. The molecule has 31 heavy (non-hydrogen) atoms. The van der Waals surface area contributed by atoms with Gasteiger partial charge in [0, 0.05) is 40.6 Å². The number of fused-ring (bicyclic) bond motifs is 1. The number of hydrogen-bond donors (Lipinski definition) is 0. The normalized spacial score (nSPS) is 12.7. The van der Waals surface area contributed by atoms with Gasteiger partial charge < -0.3 is 4.57 Å². The molecule has 0 amide bonds. The lowest BCUT2D eigenvalue weighted by atomic mass is 10.0. The molecule has 6 heteroatoms. The Bertz CT molecular complexity index is 1330. The standard InChI is InChI=1S/C25H24N2O3S/c1-3-20(17-31(29,30)21-13-15-26-16-14-21)27-18(2)24(22-11-7-8-12-23(22)27)25(28)19-9-5-4-6-10-19/h4-16,20H,3,17H2,1-2H3. The highest BCUT2D eigenvalue weighted by Crippen LogP contribution is 2.33. The van der Waals surface area contributed by atoms with Gasteiger partial charge in [0.1, 0.15) is 0 Å². The first kappa shape index (κ1) is 21.0. The van der Waals surface area contributed by atoms with Crippen LogP contribution in [-0.4, -0.2) is 29.5 Å². The molecule has 2 aromatic carbocycles. The summed E-state index contributed by atoms with van der Waals surface area (Å²) in [5, 5.41) is 0.841. The molecule has 4 rings (SSSR count). The van der Waals surface area contributed by atoms with Gasteiger partial charge in [0.25, 0.3) is 0 Å². The van der Waals surface area contributed by atoms with E-state index in [4.69, 9.17) is 0 Å². The van der Waals surface area contributed by atoms with Crippen molar-refractivity contribution in [2.45, 2.75) is 31.2 Å². The van der Waals surface area contributed by atoms with Crippen LogP contribution in [0.4, 0.5) is 0 Å². The molecule has 0 bridgehead atoms. The van der Waals surface area contributed by atoms with E-state index >= 15 is 0 Å².